The van der Waals surface area contributed by atoms with Gasteiger partial charge in [0.2, 0.25) is 0 Å². The van der Waals surface area contributed by atoms with Gasteiger partial charge in [0, 0.05) is 0 Å². The number of hydrogen-bond donors (Lipinski definition) is 2. The van der Waals surface area contributed by atoms with Crippen molar-refractivity contribution in [2.24, 2.45) is 11.8 Å². The zero-order valence-corrected chi connectivity index (χ0v) is 16.3. The van der Waals surface area contributed by atoms with Crippen LogP contribution in [-0.4, -0.2) is 22.2 Å². The monoisotopic (exact) mass is 460 g/mol. The Morgan fingerprint density at radius 3 is 1.22 bits per heavy atom. The van der Waals surface area contributed by atoms with Crippen molar-refractivity contribution in [3.05, 3.63) is 70.8 Å². The summed E-state index contributed by atoms with van der Waals surface area (Å²) in [6, 6.07) is 10.3. The van der Waals surface area contributed by atoms with E-state index in [9.17, 15) is 35.9 Å². The fraction of sp³-hybridized carbons (Fsp3) is 0.364. The van der Waals surface area contributed by atoms with E-state index in [2.05, 4.69) is 0 Å². The Bertz CT molecular complexity index is 932. The lowest BCUT2D eigenvalue weighted by Crippen LogP contribution is -2.09. The largest absolute Gasteiger partial charge is 0.481 e. The molecule has 2 aromatic carbocycles. The average molecular weight is 460 g/mol. The van der Waals surface area contributed by atoms with Gasteiger partial charge >= 0.3 is 24.3 Å². The maximum Gasteiger partial charge on any atom is 0.416 e. The number of alkyl halides is 6. The fourth-order valence-electron chi connectivity index (χ4n) is 3.78. The Kier molecular flexibility index (Phi) is 6.26. The Morgan fingerprint density at radius 1 is 0.656 bits per heavy atom. The lowest BCUT2D eigenvalue weighted by Gasteiger charge is -2.11. The maximum atomic E-state index is 12.6. The van der Waals surface area contributed by atoms with Crippen LogP contribution in [0.25, 0.3) is 0 Å². The van der Waals surface area contributed by atoms with Crippen molar-refractivity contribution >= 4 is 11.9 Å². The second-order valence-corrected chi connectivity index (χ2v) is 7.74. The van der Waals surface area contributed by atoms with Gasteiger partial charge in [0.15, 0.2) is 0 Å². The second kappa shape index (κ2) is 8.48. The van der Waals surface area contributed by atoms with E-state index in [0.717, 1.165) is 12.1 Å². The van der Waals surface area contributed by atoms with E-state index in [4.69, 9.17) is 10.2 Å². The highest BCUT2D eigenvalue weighted by Gasteiger charge is 2.49. The predicted molar refractivity (Wildman–Crippen MR) is 99.9 cm³/mol. The minimum Gasteiger partial charge on any atom is -0.481 e. The smallest absolute Gasteiger partial charge is 0.416 e. The van der Waals surface area contributed by atoms with Crippen LogP contribution in [0.1, 0.15) is 46.9 Å². The number of hydrogen-bond acceptors (Lipinski definition) is 2. The lowest BCUT2D eigenvalue weighted by atomic mass is 10.0. The first-order valence-electron chi connectivity index (χ1n) is 9.60. The Balaban J connectivity index is 0.000000181. The molecule has 0 bridgehead atoms. The van der Waals surface area contributed by atoms with Gasteiger partial charge in [-0.15, -0.1) is 0 Å². The van der Waals surface area contributed by atoms with Crippen LogP contribution < -0.4 is 0 Å². The minimum atomic E-state index is -4.41. The molecular weight excluding hydrogens is 442 g/mol. The summed E-state index contributed by atoms with van der Waals surface area (Å²) in [4.78, 5) is 21.3. The predicted octanol–water partition coefficient (Wildman–Crippen LogP) is 5.79. The summed E-state index contributed by atoms with van der Waals surface area (Å²) in [5.74, 6) is -4.36. The number of carbonyl (C=O) groups is 2. The van der Waals surface area contributed by atoms with Crippen LogP contribution in [0, 0.1) is 11.8 Å². The number of aliphatic carboxylic acids is 2. The zero-order chi connectivity index (χ0) is 23.8. The third-order valence-corrected chi connectivity index (χ3v) is 5.55. The SMILES string of the molecule is O=C(O)[C@@H]1C[C@H]1c1ccccc1C(F)(F)F.O=C(O)[C@H]1C[C@@H]1c1ccccc1C(F)(F)F. The maximum absolute atomic E-state index is 12.6. The first kappa shape index (κ1) is 23.6. The van der Waals surface area contributed by atoms with Gasteiger partial charge in [-0.05, 0) is 47.9 Å². The van der Waals surface area contributed by atoms with Gasteiger partial charge in [-0.25, -0.2) is 0 Å². The fourth-order valence-corrected chi connectivity index (χ4v) is 3.78. The highest BCUT2D eigenvalue weighted by Crippen LogP contribution is 2.51. The first-order valence-corrected chi connectivity index (χ1v) is 9.60. The van der Waals surface area contributed by atoms with E-state index >= 15 is 0 Å². The molecule has 2 aliphatic carbocycles. The summed E-state index contributed by atoms with van der Waals surface area (Å²) in [7, 11) is 0. The molecule has 2 aromatic rings. The van der Waals surface area contributed by atoms with Crippen LogP contribution in [0.3, 0.4) is 0 Å². The zero-order valence-electron chi connectivity index (χ0n) is 16.3. The Labute approximate surface area is 178 Å². The van der Waals surface area contributed by atoms with Crippen molar-refractivity contribution in [1.82, 2.24) is 0 Å². The topological polar surface area (TPSA) is 74.6 Å². The van der Waals surface area contributed by atoms with Gasteiger partial charge in [-0.3, -0.25) is 9.59 Å². The number of carboxylic acids is 2. The number of halogens is 6. The van der Waals surface area contributed by atoms with Gasteiger partial charge in [0.25, 0.3) is 0 Å². The molecule has 0 spiro atoms. The number of benzene rings is 2. The molecule has 0 aliphatic heterocycles. The standard InChI is InChI=1S/2C11H9F3O2/c2*12-11(13,14)9-4-2-1-3-6(9)7-5-8(7)10(15)16/h2*1-4,7-8H,5H2,(H,15,16)/t2*7-,8+/m10/s1. The molecule has 172 valence electrons. The van der Waals surface area contributed by atoms with E-state index in [1.165, 1.54) is 36.4 Å². The average Bonchev–Trinajstić information content (AvgIpc) is 3.60. The quantitative estimate of drug-likeness (QED) is 0.567. The minimum absolute atomic E-state index is 0.0994. The molecule has 0 heterocycles. The number of carboxylic acid groups (broad SMARTS) is 2. The summed E-state index contributed by atoms with van der Waals surface area (Å²) in [6.07, 6.45) is -8.24. The molecule has 2 aliphatic rings. The summed E-state index contributed by atoms with van der Waals surface area (Å²) in [5, 5.41) is 17.4. The third kappa shape index (κ3) is 5.23. The van der Waals surface area contributed by atoms with Gasteiger partial charge in [0.05, 0.1) is 23.0 Å². The molecule has 0 aromatic heterocycles. The van der Waals surface area contributed by atoms with Crippen molar-refractivity contribution < 1.29 is 46.1 Å². The van der Waals surface area contributed by atoms with E-state index in [0.29, 0.717) is 12.8 Å². The molecule has 2 saturated carbocycles. The lowest BCUT2D eigenvalue weighted by molar-refractivity contribution is -0.140. The summed E-state index contributed by atoms with van der Waals surface area (Å²) in [5.41, 5.74) is -1.24. The molecule has 0 amide bonds. The highest BCUT2D eigenvalue weighted by atomic mass is 19.4. The second-order valence-electron chi connectivity index (χ2n) is 7.74. The molecule has 32 heavy (non-hydrogen) atoms. The molecule has 0 unspecified atom stereocenters. The summed E-state index contributed by atoms with van der Waals surface area (Å²) < 4.78 is 75.7. The van der Waals surface area contributed by atoms with Crippen molar-refractivity contribution in [2.75, 3.05) is 0 Å². The van der Waals surface area contributed by atoms with E-state index < -0.39 is 59.1 Å². The van der Waals surface area contributed by atoms with Crippen LogP contribution in [0.15, 0.2) is 48.5 Å². The molecular formula is C22H18F6O4. The van der Waals surface area contributed by atoms with Crippen LogP contribution in [0.2, 0.25) is 0 Å². The third-order valence-electron chi connectivity index (χ3n) is 5.55. The van der Waals surface area contributed by atoms with Gasteiger partial charge in [-0.2, -0.15) is 26.3 Å². The Morgan fingerprint density at radius 2 is 0.969 bits per heavy atom. The summed E-state index contributed by atoms with van der Waals surface area (Å²) in [6.45, 7) is 0. The molecule has 4 nitrogen and oxygen atoms in total. The Hall–Kier alpha value is -3.04. The van der Waals surface area contributed by atoms with Gasteiger partial charge in [-0.1, -0.05) is 36.4 Å². The van der Waals surface area contributed by atoms with E-state index in [1.807, 2.05) is 0 Å². The molecule has 10 heteroatoms. The molecule has 2 N–H and O–H groups in total. The molecule has 4 atom stereocenters. The van der Waals surface area contributed by atoms with Crippen LogP contribution in [0.5, 0.6) is 0 Å². The van der Waals surface area contributed by atoms with Crippen molar-refractivity contribution in [3.8, 4) is 0 Å². The molecule has 0 saturated heterocycles. The first-order chi connectivity index (χ1) is 14.8. The van der Waals surface area contributed by atoms with Crippen molar-refractivity contribution in [1.29, 1.82) is 0 Å². The number of rotatable bonds is 4. The van der Waals surface area contributed by atoms with Crippen LogP contribution in [-0.2, 0) is 21.9 Å². The van der Waals surface area contributed by atoms with Crippen molar-refractivity contribution in [2.45, 2.75) is 37.0 Å². The van der Waals surface area contributed by atoms with Crippen LogP contribution in [0.4, 0.5) is 26.3 Å². The van der Waals surface area contributed by atoms with Crippen LogP contribution >= 0.6 is 0 Å². The molecule has 0 radical (unpaired) electrons. The van der Waals surface area contributed by atoms with E-state index in [-0.39, 0.29) is 11.1 Å². The van der Waals surface area contributed by atoms with Crippen molar-refractivity contribution in [3.63, 3.8) is 0 Å². The van der Waals surface area contributed by atoms with Gasteiger partial charge in [0.1, 0.15) is 0 Å². The highest BCUT2D eigenvalue weighted by molar-refractivity contribution is 5.76. The molecule has 4 rings (SSSR count). The molecule has 2 fully saturated rings. The normalized spacial score (nSPS) is 24.2. The van der Waals surface area contributed by atoms with Gasteiger partial charge < -0.3 is 10.2 Å². The summed E-state index contributed by atoms with van der Waals surface area (Å²) >= 11 is 0. The van der Waals surface area contributed by atoms with E-state index in [1.54, 1.807) is 0 Å².